The number of rotatable bonds is 4. The van der Waals surface area contributed by atoms with Gasteiger partial charge in [-0.25, -0.2) is 9.67 Å². The normalized spacial score (nSPS) is 19.4. The van der Waals surface area contributed by atoms with E-state index >= 15 is 0 Å². The van der Waals surface area contributed by atoms with Gasteiger partial charge in [-0.1, -0.05) is 0 Å². The van der Waals surface area contributed by atoms with Crippen molar-refractivity contribution in [1.29, 1.82) is 0 Å². The molecular weight excluding hydrogens is 292 g/mol. The maximum Gasteiger partial charge on any atom is 0.252 e. The summed E-state index contributed by atoms with van der Waals surface area (Å²) < 4.78 is 7.50. The number of ether oxygens (including phenoxy) is 1. The van der Waals surface area contributed by atoms with E-state index < -0.39 is 0 Å². The van der Waals surface area contributed by atoms with Gasteiger partial charge in [-0.15, -0.1) is 0 Å². The Labute approximate surface area is 136 Å². The highest BCUT2D eigenvalue weighted by Crippen LogP contribution is 2.22. The fourth-order valence-electron chi connectivity index (χ4n) is 3.08. The molecule has 3 rings (SSSR count). The largest absolute Gasteiger partial charge is 0.376 e. The van der Waals surface area contributed by atoms with E-state index in [0.29, 0.717) is 5.56 Å². The molecule has 6 nitrogen and oxygen atoms in total. The van der Waals surface area contributed by atoms with Crippen molar-refractivity contribution in [2.45, 2.75) is 58.7 Å². The van der Waals surface area contributed by atoms with Crippen molar-refractivity contribution in [2.24, 2.45) is 0 Å². The second-order valence-corrected chi connectivity index (χ2v) is 6.54. The van der Waals surface area contributed by atoms with Crippen LogP contribution in [-0.2, 0) is 4.74 Å². The first-order chi connectivity index (χ1) is 11.0. The van der Waals surface area contributed by atoms with Crippen LogP contribution in [0.3, 0.4) is 0 Å². The van der Waals surface area contributed by atoms with Crippen molar-refractivity contribution in [2.75, 3.05) is 6.61 Å². The van der Waals surface area contributed by atoms with Gasteiger partial charge in [0.2, 0.25) is 0 Å². The number of fused-ring (bicyclic) bond motifs is 1. The van der Waals surface area contributed by atoms with Gasteiger partial charge >= 0.3 is 0 Å². The average molecular weight is 316 g/mol. The number of nitrogens with zero attached hydrogens (tertiary/aromatic N) is 3. The fourth-order valence-corrected chi connectivity index (χ4v) is 3.08. The molecule has 0 saturated carbocycles. The summed E-state index contributed by atoms with van der Waals surface area (Å²) in [5, 5.41) is 8.25. The average Bonchev–Trinajstić information content (AvgIpc) is 3.15. The second kappa shape index (κ2) is 6.28. The lowest BCUT2D eigenvalue weighted by atomic mass is 10.1. The number of nitrogens with one attached hydrogen (secondary N) is 1. The maximum absolute atomic E-state index is 12.7. The molecule has 0 unspecified atom stereocenters. The third-order valence-electron chi connectivity index (χ3n) is 4.31. The fraction of sp³-hybridized carbons (Fsp3) is 0.588. The quantitative estimate of drug-likeness (QED) is 0.941. The van der Waals surface area contributed by atoms with E-state index in [1.165, 1.54) is 0 Å². The van der Waals surface area contributed by atoms with Gasteiger partial charge in [-0.05, 0) is 46.6 Å². The second-order valence-electron chi connectivity index (χ2n) is 6.54. The minimum atomic E-state index is -0.0909. The molecule has 6 heteroatoms. The van der Waals surface area contributed by atoms with Gasteiger partial charge < -0.3 is 10.1 Å². The molecule has 0 bridgehead atoms. The van der Waals surface area contributed by atoms with Crippen LogP contribution in [0.2, 0.25) is 0 Å². The van der Waals surface area contributed by atoms with Crippen molar-refractivity contribution in [3.8, 4) is 0 Å². The third kappa shape index (κ3) is 3.08. The summed E-state index contributed by atoms with van der Waals surface area (Å²) in [5.41, 5.74) is 2.20. The Morgan fingerprint density at radius 3 is 2.87 bits per heavy atom. The zero-order chi connectivity index (χ0) is 16.6. The van der Waals surface area contributed by atoms with Gasteiger partial charge in [-0.3, -0.25) is 4.79 Å². The number of aryl methyl sites for hydroxylation is 1. The van der Waals surface area contributed by atoms with E-state index in [4.69, 9.17) is 4.74 Å². The van der Waals surface area contributed by atoms with Crippen molar-refractivity contribution in [3.63, 3.8) is 0 Å². The first kappa shape index (κ1) is 15.9. The lowest BCUT2D eigenvalue weighted by Crippen LogP contribution is -2.40. The molecule has 1 aliphatic rings. The van der Waals surface area contributed by atoms with Gasteiger partial charge in [-0.2, -0.15) is 5.10 Å². The molecule has 3 heterocycles. The third-order valence-corrected chi connectivity index (χ3v) is 4.31. The SMILES string of the molecule is Cc1cc(C(=O)N[C@H](C)[C@@H]2CCCO2)c2cnn(C(C)C)c2n1. The van der Waals surface area contributed by atoms with Crippen LogP contribution in [-0.4, -0.2) is 39.4 Å². The number of carbonyl (C=O) groups is 1. The maximum atomic E-state index is 12.7. The van der Waals surface area contributed by atoms with Crippen LogP contribution in [0.4, 0.5) is 0 Å². The number of amides is 1. The Kier molecular flexibility index (Phi) is 4.35. The lowest BCUT2D eigenvalue weighted by molar-refractivity contribution is 0.0713. The molecule has 0 aliphatic carbocycles. The van der Waals surface area contributed by atoms with Crippen LogP contribution in [0.5, 0.6) is 0 Å². The van der Waals surface area contributed by atoms with Crippen molar-refractivity contribution in [1.82, 2.24) is 20.1 Å². The number of pyridine rings is 1. The number of hydrogen-bond donors (Lipinski definition) is 1. The Morgan fingerprint density at radius 2 is 2.22 bits per heavy atom. The predicted octanol–water partition coefficient (Wildman–Crippen LogP) is 2.62. The molecule has 2 atom stereocenters. The van der Waals surface area contributed by atoms with Gasteiger partial charge in [0.05, 0.1) is 29.3 Å². The molecular formula is C17H24N4O2. The van der Waals surface area contributed by atoms with Crippen LogP contribution >= 0.6 is 0 Å². The summed E-state index contributed by atoms with van der Waals surface area (Å²) in [4.78, 5) is 17.3. The number of aromatic nitrogens is 3. The summed E-state index contributed by atoms with van der Waals surface area (Å²) >= 11 is 0. The predicted molar refractivity (Wildman–Crippen MR) is 88.6 cm³/mol. The monoisotopic (exact) mass is 316 g/mol. The highest BCUT2D eigenvalue weighted by Gasteiger charge is 2.25. The summed E-state index contributed by atoms with van der Waals surface area (Å²) in [6.45, 7) is 8.78. The minimum Gasteiger partial charge on any atom is -0.376 e. The number of hydrogen-bond acceptors (Lipinski definition) is 4. The van der Waals surface area contributed by atoms with Gasteiger partial charge in [0, 0.05) is 18.3 Å². The highest BCUT2D eigenvalue weighted by atomic mass is 16.5. The van der Waals surface area contributed by atoms with E-state index in [0.717, 1.165) is 36.2 Å². The van der Waals surface area contributed by atoms with Crippen molar-refractivity contribution < 1.29 is 9.53 Å². The Balaban J connectivity index is 1.90. The number of carbonyl (C=O) groups excluding carboxylic acids is 1. The molecule has 1 saturated heterocycles. The Bertz CT molecular complexity index is 717. The van der Waals surface area contributed by atoms with E-state index in [1.54, 1.807) is 6.20 Å². The molecule has 0 radical (unpaired) electrons. The van der Waals surface area contributed by atoms with Crippen LogP contribution in [0.1, 0.15) is 55.7 Å². The highest BCUT2D eigenvalue weighted by molar-refractivity contribution is 6.05. The zero-order valence-corrected chi connectivity index (χ0v) is 14.2. The van der Waals surface area contributed by atoms with Gasteiger partial charge in [0.25, 0.3) is 5.91 Å². The lowest BCUT2D eigenvalue weighted by Gasteiger charge is -2.20. The van der Waals surface area contributed by atoms with Crippen LogP contribution < -0.4 is 5.32 Å². The first-order valence-corrected chi connectivity index (χ1v) is 8.24. The molecule has 124 valence electrons. The molecule has 1 N–H and O–H groups in total. The summed E-state index contributed by atoms with van der Waals surface area (Å²) in [5.74, 6) is -0.0909. The Hall–Kier alpha value is -1.95. The summed E-state index contributed by atoms with van der Waals surface area (Å²) in [6, 6.07) is 2.02. The molecule has 2 aromatic heterocycles. The van der Waals surface area contributed by atoms with Crippen LogP contribution in [0, 0.1) is 6.92 Å². The molecule has 0 aromatic carbocycles. The standard InChI is InChI=1S/C17H24N4O2/c1-10(2)21-16-14(9-18-21)13(8-11(3)19-16)17(22)20-12(4)15-6-5-7-23-15/h8-10,12,15H,5-7H2,1-4H3,(H,20,22)/t12-,15+/m1/s1. The first-order valence-electron chi connectivity index (χ1n) is 8.24. The molecule has 23 heavy (non-hydrogen) atoms. The summed E-state index contributed by atoms with van der Waals surface area (Å²) in [6.07, 6.45) is 3.89. The van der Waals surface area contributed by atoms with Crippen molar-refractivity contribution >= 4 is 16.9 Å². The van der Waals surface area contributed by atoms with Gasteiger partial charge in [0.1, 0.15) is 0 Å². The molecule has 2 aromatic rings. The van der Waals surface area contributed by atoms with Crippen molar-refractivity contribution in [3.05, 3.63) is 23.5 Å². The molecule has 1 amide bonds. The van der Waals surface area contributed by atoms with E-state index in [9.17, 15) is 4.79 Å². The van der Waals surface area contributed by atoms with E-state index in [1.807, 2.05) is 24.6 Å². The van der Waals surface area contributed by atoms with Crippen LogP contribution in [0.15, 0.2) is 12.3 Å². The summed E-state index contributed by atoms with van der Waals surface area (Å²) in [7, 11) is 0. The van der Waals surface area contributed by atoms with Gasteiger partial charge in [0.15, 0.2) is 5.65 Å². The van der Waals surface area contributed by atoms with E-state index in [-0.39, 0.29) is 24.1 Å². The minimum absolute atomic E-state index is 0.00587. The molecule has 0 spiro atoms. The topological polar surface area (TPSA) is 69.0 Å². The Morgan fingerprint density at radius 1 is 1.43 bits per heavy atom. The van der Waals surface area contributed by atoms with Crippen LogP contribution in [0.25, 0.3) is 11.0 Å². The van der Waals surface area contributed by atoms with E-state index in [2.05, 4.69) is 29.2 Å². The molecule has 1 fully saturated rings. The smallest absolute Gasteiger partial charge is 0.252 e. The zero-order valence-electron chi connectivity index (χ0n) is 14.2. The molecule has 1 aliphatic heterocycles.